The molecule has 3 fully saturated rings. The third-order valence-electron chi connectivity index (χ3n) is 9.48. The van der Waals surface area contributed by atoms with Gasteiger partial charge in [-0.15, -0.1) is 11.3 Å². The topological polar surface area (TPSA) is 89.8 Å². The molecule has 1 aliphatic carbocycles. The molecule has 4 aromatic heterocycles. The lowest BCUT2D eigenvalue weighted by molar-refractivity contribution is -0.142. The first-order valence-corrected chi connectivity index (χ1v) is 14.7. The minimum Gasteiger partial charge on any atom is -0.389 e. The van der Waals surface area contributed by atoms with Crippen LogP contribution in [0.4, 0.5) is 0 Å². The van der Waals surface area contributed by atoms with Crippen molar-refractivity contribution in [3.63, 3.8) is 0 Å². The fourth-order valence-electron chi connectivity index (χ4n) is 7.34. The van der Waals surface area contributed by atoms with Gasteiger partial charge >= 0.3 is 0 Å². The molecule has 6 heterocycles. The van der Waals surface area contributed by atoms with Crippen molar-refractivity contribution in [3.05, 3.63) is 39.7 Å². The van der Waals surface area contributed by atoms with Crippen LogP contribution in [0.2, 0.25) is 0 Å². The van der Waals surface area contributed by atoms with Crippen LogP contribution in [0.25, 0.3) is 27.1 Å². The molecule has 200 valence electrons. The molecule has 38 heavy (non-hydrogen) atoms. The number of aryl methyl sites for hydroxylation is 2. The number of rotatable bonds is 5. The van der Waals surface area contributed by atoms with E-state index in [-0.39, 0.29) is 12.0 Å². The van der Waals surface area contributed by atoms with Gasteiger partial charge in [0.15, 0.2) is 5.65 Å². The van der Waals surface area contributed by atoms with Crippen LogP contribution in [0.1, 0.15) is 65.7 Å². The van der Waals surface area contributed by atoms with Crippen molar-refractivity contribution in [2.24, 2.45) is 5.92 Å². The number of thiophene rings is 1. The Labute approximate surface area is 226 Å². The van der Waals surface area contributed by atoms with Gasteiger partial charge in [0.05, 0.1) is 18.3 Å². The molecule has 2 unspecified atom stereocenters. The van der Waals surface area contributed by atoms with Crippen LogP contribution < -0.4 is 0 Å². The number of pyridine rings is 1. The van der Waals surface area contributed by atoms with E-state index in [4.69, 9.17) is 0 Å². The summed E-state index contributed by atoms with van der Waals surface area (Å²) < 4.78 is 1.89. The van der Waals surface area contributed by atoms with Crippen LogP contribution in [-0.4, -0.2) is 78.7 Å². The quantitative estimate of drug-likeness (QED) is 0.399. The number of nitrogens with one attached hydrogen (secondary N) is 1. The number of H-pyrrole nitrogens is 1. The fraction of sp³-hybridized carbons (Fsp3) is 0.552. The van der Waals surface area contributed by atoms with Gasteiger partial charge in [-0.1, -0.05) is 13.8 Å². The van der Waals surface area contributed by atoms with Crippen LogP contribution in [0.3, 0.4) is 0 Å². The number of β-amino-alcohol motifs (C(OH)–C–C–N with tert-alkyl or cyclic N) is 1. The van der Waals surface area contributed by atoms with Crippen molar-refractivity contribution in [2.75, 3.05) is 26.2 Å². The van der Waals surface area contributed by atoms with E-state index in [1.54, 1.807) is 11.2 Å². The molecular formula is C29H36N6O2S. The number of nitrogens with zero attached hydrogens (tertiary/aromatic N) is 5. The van der Waals surface area contributed by atoms with E-state index in [0.717, 1.165) is 18.6 Å². The SMILES string of the molecule is Cc1c(-c2[nH]c3sc([C@@H]4CC5CC4CN5CC(=O)N4CC(O)C4)c(C)c3c2C(C)C)cn2ncnc2c1C. The van der Waals surface area contributed by atoms with E-state index in [0.29, 0.717) is 43.4 Å². The maximum atomic E-state index is 12.6. The van der Waals surface area contributed by atoms with Gasteiger partial charge in [-0.2, -0.15) is 5.10 Å². The number of aromatic amines is 1. The number of fused-ring (bicyclic) bond motifs is 4. The van der Waals surface area contributed by atoms with E-state index in [9.17, 15) is 9.90 Å². The normalized spacial score (nSPS) is 24.0. The molecule has 1 saturated carbocycles. The molecule has 2 N–H and O–H groups in total. The van der Waals surface area contributed by atoms with Crippen molar-refractivity contribution < 1.29 is 9.90 Å². The maximum Gasteiger partial charge on any atom is 0.236 e. The number of carbonyl (C=O) groups is 1. The van der Waals surface area contributed by atoms with Crippen LogP contribution in [0.15, 0.2) is 12.5 Å². The largest absolute Gasteiger partial charge is 0.389 e. The standard InChI is InChI=1S/C29H36N6O2S/c1-14(2)24-25-17(5)27(21-7-19-6-18(21)8-33(19)12-23(37)34-9-20(36)10-34)38-29(25)32-26(24)22-11-35-28(30-13-31-35)16(4)15(22)3/h11,13-14,18-21,32,36H,6-10,12H2,1-5H3/t18?,19?,21-/m1/s1. The second-order valence-electron chi connectivity index (χ2n) is 12.1. The van der Waals surface area contributed by atoms with E-state index < -0.39 is 0 Å². The summed E-state index contributed by atoms with van der Waals surface area (Å²) in [5, 5.41) is 15.4. The van der Waals surface area contributed by atoms with Crippen molar-refractivity contribution in [3.8, 4) is 11.3 Å². The summed E-state index contributed by atoms with van der Waals surface area (Å²) in [4.78, 5) is 27.9. The van der Waals surface area contributed by atoms with Crippen molar-refractivity contribution in [1.29, 1.82) is 0 Å². The molecule has 3 atom stereocenters. The van der Waals surface area contributed by atoms with Crippen LogP contribution in [-0.2, 0) is 4.79 Å². The molecule has 0 radical (unpaired) electrons. The first kappa shape index (κ1) is 24.3. The van der Waals surface area contributed by atoms with E-state index in [1.165, 1.54) is 55.0 Å². The van der Waals surface area contributed by atoms with Crippen LogP contribution in [0.5, 0.6) is 0 Å². The number of aliphatic hydroxyl groups is 1. The zero-order valence-corrected chi connectivity index (χ0v) is 23.6. The number of carbonyl (C=O) groups excluding carboxylic acids is 1. The Bertz CT molecular complexity index is 1570. The zero-order valence-electron chi connectivity index (χ0n) is 22.8. The Morgan fingerprint density at radius 3 is 2.63 bits per heavy atom. The molecule has 0 spiro atoms. The molecule has 4 aromatic rings. The van der Waals surface area contributed by atoms with Crippen LogP contribution >= 0.6 is 11.3 Å². The van der Waals surface area contributed by atoms with Gasteiger partial charge < -0.3 is 15.0 Å². The maximum absolute atomic E-state index is 12.6. The summed E-state index contributed by atoms with van der Waals surface area (Å²) in [6, 6.07) is 0.486. The Hall–Kier alpha value is -2.75. The summed E-state index contributed by atoms with van der Waals surface area (Å²) in [5.41, 5.74) is 8.57. The lowest BCUT2D eigenvalue weighted by atomic mass is 9.88. The molecule has 2 bridgehead atoms. The highest BCUT2D eigenvalue weighted by Gasteiger charge is 2.47. The lowest BCUT2D eigenvalue weighted by Crippen LogP contribution is -2.56. The molecular weight excluding hydrogens is 496 g/mol. The average Bonchev–Trinajstić information content (AvgIpc) is 3.66. The predicted octanol–water partition coefficient (Wildman–Crippen LogP) is 4.37. The number of likely N-dealkylation sites (tertiary alicyclic amines) is 2. The fourth-order valence-corrected chi connectivity index (χ4v) is 8.77. The van der Waals surface area contributed by atoms with Gasteiger partial charge in [0.2, 0.25) is 5.91 Å². The van der Waals surface area contributed by atoms with Gasteiger partial charge in [-0.3, -0.25) is 9.69 Å². The number of hydrogen-bond acceptors (Lipinski definition) is 6. The number of aliphatic hydroxyl groups excluding tert-OH is 1. The number of amides is 1. The van der Waals surface area contributed by atoms with Gasteiger partial charge in [0.1, 0.15) is 11.2 Å². The minimum absolute atomic E-state index is 0.170. The second-order valence-corrected chi connectivity index (χ2v) is 13.1. The highest BCUT2D eigenvalue weighted by molar-refractivity contribution is 7.19. The summed E-state index contributed by atoms with van der Waals surface area (Å²) >= 11 is 1.94. The third kappa shape index (κ3) is 3.51. The molecule has 9 heteroatoms. The van der Waals surface area contributed by atoms with Gasteiger partial charge in [-0.05, 0) is 73.6 Å². The molecule has 2 aliphatic heterocycles. The third-order valence-corrected chi connectivity index (χ3v) is 10.8. The average molecular weight is 533 g/mol. The Morgan fingerprint density at radius 2 is 1.95 bits per heavy atom. The molecule has 1 amide bonds. The number of hydrogen-bond donors (Lipinski definition) is 2. The highest BCUT2D eigenvalue weighted by atomic mass is 32.1. The summed E-state index contributed by atoms with van der Waals surface area (Å²) in [6.45, 7) is 13.7. The summed E-state index contributed by atoms with van der Waals surface area (Å²) in [7, 11) is 0. The summed E-state index contributed by atoms with van der Waals surface area (Å²) in [5.74, 6) is 1.73. The first-order chi connectivity index (χ1) is 18.2. The highest BCUT2D eigenvalue weighted by Crippen LogP contribution is 2.53. The zero-order chi connectivity index (χ0) is 26.5. The number of aromatic nitrogens is 4. The monoisotopic (exact) mass is 532 g/mol. The van der Waals surface area contributed by atoms with E-state index in [2.05, 4.69) is 60.8 Å². The van der Waals surface area contributed by atoms with Crippen molar-refractivity contribution in [1.82, 2.24) is 29.4 Å². The first-order valence-electron chi connectivity index (χ1n) is 13.9. The molecule has 7 rings (SSSR count). The predicted molar refractivity (Wildman–Crippen MR) is 150 cm³/mol. The second kappa shape index (κ2) is 8.63. The van der Waals surface area contributed by atoms with Gasteiger partial charge in [0, 0.05) is 47.7 Å². The van der Waals surface area contributed by atoms with Gasteiger partial charge in [-0.25, -0.2) is 9.50 Å². The Kier molecular flexibility index (Phi) is 5.52. The Balaban J connectivity index is 1.20. The lowest BCUT2D eigenvalue weighted by Gasteiger charge is -2.38. The molecule has 3 aliphatic rings. The van der Waals surface area contributed by atoms with Crippen molar-refractivity contribution >= 4 is 33.1 Å². The number of piperidine rings is 1. The van der Waals surface area contributed by atoms with E-state index in [1.807, 2.05) is 15.9 Å². The molecule has 8 nitrogen and oxygen atoms in total. The molecule has 2 saturated heterocycles. The minimum atomic E-state index is -0.334. The van der Waals surface area contributed by atoms with E-state index >= 15 is 0 Å². The molecule has 0 aromatic carbocycles. The summed E-state index contributed by atoms with van der Waals surface area (Å²) in [6.07, 6.45) is 5.73. The Morgan fingerprint density at radius 1 is 1.16 bits per heavy atom. The van der Waals surface area contributed by atoms with Gasteiger partial charge in [0.25, 0.3) is 0 Å². The van der Waals surface area contributed by atoms with Crippen molar-refractivity contribution in [2.45, 2.75) is 71.4 Å². The smallest absolute Gasteiger partial charge is 0.236 e. The van der Waals surface area contributed by atoms with Crippen LogP contribution in [0, 0.1) is 26.7 Å².